The predicted octanol–water partition coefficient (Wildman–Crippen LogP) is 2.03. The molecule has 1 atom stereocenters. The number of esters is 2. The number of carboxylic acids is 1. The van der Waals surface area contributed by atoms with Gasteiger partial charge in [-0.1, -0.05) is 0 Å². The predicted molar refractivity (Wildman–Crippen MR) is 106 cm³/mol. The van der Waals surface area contributed by atoms with Crippen LogP contribution in [0.2, 0.25) is 0 Å². The Kier molecular flexibility index (Phi) is 7.35. The molecule has 0 amide bonds. The lowest BCUT2D eigenvalue weighted by atomic mass is 9.80. The zero-order valence-corrected chi connectivity index (χ0v) is 17.4. The van der Waals surface area contributed by atoms with E-state index in [4.69, 9.17) is 14.2 Å². The second-order valence-corrected chi connectivity index (χ2v) is 6.51. The van der Waals surface area contributed by atoms with E-state index in [1.807, 2.05) is 0 Å². The molecule has 1 aromatic rings. The van der Waals surface area contributed by atoms with Gasteiger partial charge in [0.05, 0.1) is 35.7 Å². The first-order valence-corrected chi connectivity index (χ1v) is 9.19. The molecule has 1 aliphatic rings. The largest absolute Gasteiger partial charge is 0.482 e. The van der Waals surface area contributed by atoms with Crippen LogP contribution in [0.1, 0.15) is 32.3 Å². The van der Waals surface area contributed by atoms with Crippen LogP contribution in [-0.4, -0.2) is 48.3 Å². The van der Waals surface area contributed by atoms with Gasteiger partial charge >= 0.3 is 17.9 Å². The highest BCUT2D eigenvalue weighted by Gasteiger charge is 2.39. The SMILES string of the molecule is CCOC(=O)COc1ccc([N+](=O)[O-])cc1C1C(C(=O)O)=C(C)NC(C)=C1C(=O)OC. The van der Waals surface area contributed by atoms with Crippen molar-refractivity contribution < 1.29 is 38.6 Å². The minimum atomic E-state index is -1.34. The number of allylic oxidation sites excluding steroid dienone is 2. The first-order chi connectivity index (χ1) is 14.6. The molecule has 0 spiro atoms. The third kappa shape index (κ3) is 5.00. The van der Waals surface area contributed by atoms with Crippen molar-refractivity contribution in [1.29, 1.82) is 0 Å². The van der Waals surface area contributed by atoms with Crippen LogP contribution in [0.5, 0.6) is 5.75 Å². The first-order valence-electron chi connectivity index (χ1n) is 9.19. The van der Waals surface area contributed by atoms with Crippen molar-refractivity contribution in [2.45, 2.75) is 26.7 Å². The minimum absolute atomic E-state index is 0.00805. The summed E-state index contributed by atoms with van der Waals surface area (Å²) < 4.78 is 15.1. The molecular formula is C20H22N2O9. The summed E-state index contributed by atoms with van der Waals surface area (Å²) >= 11 is 0. The molecule has 0 bridgehead atoms. The molecule has 0 aromatic heterocycles. The summed E-state index contributed by atoms with van der Waals surface area (Å²) in [6.45, 7) is 4.30. The molecule has 0 aliphatic carbocycles. The number of carboxylic acid groups (broad SMARTS) is 1. The monoisotopic (exact) mass is 434 g/mol. The fourth-order valence-electron chi connectivity index (χ4n) is 3.31. The number of dihydropyridines is 1. The molecule has 11 nitrogen and oxygen atoms in total. The highest BCUT2D eigenvalue weighted by molar-refractivity contribution is 5.99. The molecule has 1 heterocycles. The Morgan fingerprint density at radius 2 is 1.84 bits per heavy atom. The topological polar surface area (TPSA) is 154 Å². The Hall–Kier alpha value is -3.89. The van der Waals surface area contributed by atoms with Crippen LogP contribution < -0.4 is 10.1 Å². The molecule has 11 heteroatoms. The Bertz CT molecular complexity index is 994. The van der Waals surface area contributed by atoms with Crippen LogP contribution in [0.3, 0.4) is 0 Å². The van der Waals surface area contributed by atoms with E-state index in [2.05, 4.69) is 5.32 Å². The number of non-ortho nitro benzene ring substituents is 1. The molecule has 1 aliphatic heterocycles. The summed E-state index contributed by atoms with van der Waals surface area (Å²) in [6, 6.07) is 3.51. The lowest BCUT2D eigenvalue weighted by molar-refractivity contribution is -0.384. The molecule has 2 N–H and O–H groups in total. The first kappa shape index (κ1) is 23.4. The van der Waals surface area contributed by atoms with Gasteiger partial charge in [-0.3, -0.25) is 10.1 Å². The smallest absolute Gasteiger partial charge is 0.344 e. The van der Waals surface area contributed by atoms with Crippen molar-refractivity contribution in [3.8, 4) is 5.75 Å². The summed E-state index contributed by atoms with van der Waals surface area (Å²) in [6.07, 6.45) is 0. The number of hydrogen-bond donors (Lipinski definition) is 2. The lowest BCUT2D eigenvalue weighted by Crippen LogP contribution is -2.32. The van der Waals surface area contributed by atoms with Gasteiger partial charge in [0.15, 0.2) is 6.61 Å². The standard InChI is InChI=1S/C20H22N2O9/c1-5-30-15(23)9-31-14-7-6-12(22(27)28)8-13(14)18-16(19(24)25)10(2)21-11(3)17(18)20(26)29-4/h6-8,18,21H,5,9H2,1-4H3,(H,24,25). The fourth-order valence-corrected chi connectivity index (χ4v) is 3.31. The summed E-state index contributed by atoms with van der Waals surface area (Å²) in [5, 5.41) is 24.0. The van der Waals surface area contributed by atoms with Gasteiger partial charge < -0.3 is 24.6 Å². The number of carbonyl (C=O) groups is 3. The summed E-state index contributed by atoms with van der Waals surface area (Å²) in [5.74, 6) is -4.09. The second-order valence-electron chi connectivity index (χ2n) is 6.51. The maximum atomic E-state index is 12.5. The van der Waals surface area contributed by atoms with Crippen LogP contribution in [0.15, 0.2) is 40.7 Å². The zero-order valence-electron chi connectivity index (χ0n) is 17.4. The van der Waals surface area contributed by atoms with Gasteiger partial charge in [-0.05, 0) is 26.8 Å². The van der Waals surface area contributed by atoms with E-state index >= 15 is 0 Å². The fraction of sp³-hybridized carbons (Fsp3) is 0.350. The molecular weight excluding hydrogens is 412 g/mol. The Morgan fingerprint density at radius 3 is 2.39 bits per heavy atom. The molecule has 0 saturated heterocycles. The van der Waals surface area contributed by atoms with E-state index in [0.29, 0.717) is 5.70 Å². The number of benzene rings is 1. The van der Waals surface area contributed by atoms with E-state index in [-0.39, 0.29) is 40.5 Å². The molecule has 0 fully saturated rings. The molecule has 1 unspecified atom stereocenters. The Labute approximate surface area is 177 Å². The molecule has 166 valence electrons. The van der Waals surface area contributed by atoms with Crippen LogP contribution in [0, 0.1) is 10.1 Å². The van der Waals surface area contributed by atoms with Gasteiger partial charge in [-0.25, -0.2) is 14.4 Å². The van der Waals surface area contributed by atoms with Gasteiger partial charge in [-0.2, -0.15) is 0 Å². The number of ether oxygens (including phenoxy) is 3. The average Bonchev–Trinajstić information content (AvgIpc) is 2.70. The minimum Gasteiger partial charge on any atom is -0.482 e. The Morgan fingerprint density at radius 1 is 1.19 bits per heavy atom. The highest BCUT2D eigenvalue weighted by atomic mass is 16.6. The number of rotatable bonds is 8. The van der Waals surface area contributed by atoms with Crippen molar-refractivity contribution in [2.75, 3.05) is 20.3 Å². The number of hydrogen-bond acceptors (Lipinski definition) is 9. The number of nitro benzene ring substituents is 1. The number of carbonyl (C=O) groups excluding carboxylic acids is 2. The third-order valence-corrected chi connectivity index (χ3v) is 4.56. The van der Waals surface area contributed by atoms with Gasteiger partial charge in [0.25, 0.3) is 5.69 Å². The average molecular weight is 434 g/mol. The number of nitrogens with one attached hydrogen (secondary N) is 1. The van der Waals surface area contributed by atoms with Crippen molar-refractivity contribution in [3.63, 3.8) is 0 Å². The van der Waals surface area contributed by atoms with Crippen molar-refractivity contribution in [3.05, 3.63) is 56.4 Å². The van der Waals surface area contributed by atoms with Crippen LogP contribution in [0.25, 0.3) is 0 Å². The van der Waals surface area contributed by atoms with Crippen molar-refractivity contribution in [2.24, 2.45) is 0 Å². The summed E-state index contributed by atoms with van der Waals surface area (Å²) in [7, 11) is 1.14. The van der Waals surface area contributed by atoms with Crippen LogP contribution in [-0.2, 0) is 23.9 Å². The third-order valence-electron chi connectivity index (χ3n) is 4.56. The number of aliphatic carboxylic acids is 1. The highest BCUT2D eigenvalue weighted by Crippen LogP contribution is 2.43. The lowest BCUT2D eigenvalue weighted by Gasteiger charge is -2.30. The van der Waals surface area contributed by atoms with Gasteiger partial charge in [-0.15, -0.1) is 0 Å². The molecule has 1 aromatic carbocycles. The number of methoxy groups -OCH3 is 1. The van der Waals surface area contributed by atoms with Crippen LogP contribution in [0.4, 0.5) is 5.69 Å². The molecule has 31 heavy (non-hydrogen) atoms. The van der Waals surface area contributed by atoms with Crippen LogP contribution >= 0.6 is 0 Å². The van der Waals surface area contributed by atoms with Gasteiger partial charge in [0.2, 0.25) is 0 Å². The van der Waals surface area contributed by atoms with E-state index < -0.39 is 35.4 Å². The molecule has 2 rings (SSSR count). The number of nitro groups is 1. The normalized spacial score (nSPS) is 15.8. The van der Waals surface area contributed by atoms with Crippen molar-refractivity contribution >= 4 is 23.6 Å². The van der Waals surface area contributed by atoms with Gasteiger partial charge in [0.1, 0.15) is 5.75 Å². The maximum absolute atomic E-state index is 12.5. The molecule has 0 saturated carbocycles. The molecule has 0 radical (unpaired) electrons. The quantitative estimate of drug-likeness (QED) is 0.353. The van der Waals surface area contributed by atoms with E-state index in [0.717, 1.165) is 19.2 Å². The summed E-state index contributed by atoms with van der Waals surface area (Å²) in [4.78, 5) is 47.0. The van der Waals surface area contributed by atoms with Crippen molar-refractivity contribution in [1.82, 2.24) is 5.32 Å². The number of nitrogens with zero attached hydrogens (tertiary/aromatic N) is 1. The van der Waals surface area contributed by atoms with E-state index in [1.54, 1.807) is 13.8 Å². The van der Waals surface area contributed by atoms with E-state index in [9.17, 15) is 29.6 Å². The second kappa shape index (κ2) is 9.74. The summed E-state index contributed by atoms with van der Waals surface area (Å²) in [5.41, 5.74) is -0.0232. The van der Waals surface area contributed by atoms with Gasteiger partial charge in [0, 0.05) is 29.1 Å². The zero-order chi connectivity index (χ0) is 23.3. The van der Waals surface area contributed by atoms with E-state index in [1.165, 1.54) is 13.0 Å². The maximum Gasteiger partial charge on any atom is 0.344 e. The Balaban J connectivity index is 2.73.